The Morgan fingerprint density at radius 1 is 0.600 bits per heavy atom. The number of para-hydroxylation sites is 1. The molecule has 0 radical (unpaired) electrons. The van der Waals surface area contributed by atoms with Crippen molar-refractivity contribution in [3.8, 4) is 51.4 Å². The summed E-state index contributed by atoms with van der Waals surface area (Å²) in [4.78, 5) is 15.0. The van der Waals surface area contributed by atoms with Crippen LogP contribution in [0.15, 0.2) is 120 Å². The van der Waals surface area contributed by atoms with Crippen molar-refractivity contribution < 1.29 is 4.42 Å². The number of fused-ring (bicyclic) bond motifs is 5. The highest BCUT2D eigenvalue weighted by Crippen LogP contribution is 2.54. The third kappa shape index (κ3) is 5.36. The summed E-state index contributed by atoms with van der Waals surface area (Å²) in [6, 6.07) is 41.8. The van der Waals surface area contributed by atoms with E-state index in [1.165, 1.54) is 37.7 Å². The highest BCUT2D eigenvalue weighted by molar-refractivity contribution is 6.07. The fourth-order valence-corrected chi connectivity index (χ4v) is 9.26. The predicted octanol–water partition coefficient (Wildman–Crippen LogP) is 11.4. The van der Waals surface area contributed by atoms with Gasteiger partial charge in [-0.25, -0.2) is 15.0 Å². The summed E-state index contributed by atoms with van der Waals surface area (Å²) in [5, 5.41) is 11.5. The van der Waals surface area contributed by atoms with Gasteiger partial charge in [-0.05, 0) is 90.2 Å². The van der Waals surface area contributed by atoms with Crippen molar-refractivity contribution in [3.63, 3.8) is 0 Å². The third-order valence-corrected chi connectivity index (χ3v) is 11.1. The van der Waals surface area contributed by atoms with Crippen molar-refractivity contribution in [3.05, 3.63) is 126 Å². The summed E-state index contributed by atoms with van der Waals surface area (Å²) < 4.78 is 6.06. The van der Waals surface area contributed by atoms with Crippen LogP contribution in [0.25, 0.3) is 67.2 Å². The van der Waals surface area contributed by atoms with Gasteiger partial charge < -0.3 is 4.42 Å². The molecule has 9 rings (SSSR count). The molecule has 0 saturated heterocycles. The lowest BCUT2D eigenvalue weighted by Crippen LogP contribution is -2.42. The second-order valence-electron chi connectivity index (χ2n) is 14.9. The van der Waals surface area contributed by atoms with E-state index in [9.17, 15) is 5.26 Å². The largest absolute Gasteiger partial charge is 0.455 e. The maximum Gasteiger partial charge on any atom is 0.164 e. The molecule has 2 aromatic heterocycles. The number of aromatic nitrogens is 3. The molecule has 5 aromatic carbocycles. The second-order valence-corrected chi connectivity index (χ2v) is 14.9. The molecule has 5 heteroatoms. The summed E-state index contributed by atoms with van der Waals surface area (Å²) in [7, 11) is 0. The van der Waals surface area contributed by atoms with Crippen molar-refractivity contribution in [2.75, 3.05) is 0 Å². The van der Waals surface area contributed by atoms with Crippen molar-refractivity contribution >= 4 is 21.9 Å². The Morgan fingerprint density at radius 3 is 1.82 bits per heavy atom. The molecule has 244 valence electrons. The van der Waals surface area contributed by atoms with Crippen LogP contribution in [-0.4, -0.2) is 15.0 Å². The van der Waals surface area contributed by atoms with E-state index in [4.69, 9.17) is 19.4 Å². The molecule has 5 nitrogen and oxygen atoms in total. The topological polar surface area (TPSA) is 75.6 Å². The van der Waals surface area contributed by atoms with E-state index >= 15 is 0 Å². The Kier molecular flexibility index (Phi) is 7.35. The molecule has 0 amide bonds. The maximum absolute atomic E-state index is 9.56. The van der Waals surface area contributed by atoms with Crippen LogP contribution in [0, 0.1) is 29.1 Å². The van der Waals surface area contributed by atoms with Gasteiger partial charge in [-0.3, -0.25) is 0 Å². The Labute approximate surface area is 292 Å². The summed E-state index contributed by atoms with van der Waals surface area (Å²) >= 11 is 0. The molecule has 2 bridgehead atoms. The second kappa shape index (κ2) is 12.1. The lowest BCUT2D eigenvalue weighted by Gasteiger charge is -2.50. The Balaban J connectivity index is 1.07. The molecule has 0 spiro atoms. The van der Waals surface area contributed by atoms with Gasteiger partial charge in [0.15, 0.2) is 23.1 Å². The molecule has 50 heavy (non-hydrogen) atoms. The minimum atomic E-state index is 0.286. The van der Waals surface area contributed by atoms with Crippen molar-refractivity contribution in [2.45, 2.75) is 51.4 Å². The van der Waals surface area contributed by atoms with Gasteiger partial charge in [0.1, 0.15) is 11.7 Å². The van der Waals surface area contributed by atoms with E-state index in [1.807, 2.05) is 36.4 Å². The molecule has 2 aliphatic rings. The number of nitrogens with zero attached hydrogens (tertiary/aromatic N) is 4. The van der Waals surface area contributed by atoms with Crippen molar-refractivity contribution in [1.82, 2.24) is 15.0 Å². The van der Waals surface area contributed by atoms with Gasteiger partial charge >= 0.3 is 0 Å². The number of furan rings is 1. The normalized spacial score (nSPS) is 21.7. The summed E-state index contributed by atoms with van der Waals surface area (Å²) in [5.41, 5.74) is 8.75. The van der Waals surface area contributed by atoms with Crippen LogP contribution in [0.2, 0.25) is 0 Å². The first-order chi connectivity index (χ1) is 24.4. The minimum Gasteiger partial charge on any atom is -0.455 e. The van der Waals surface area contributed by atoms with E-state index in [1.54, 1.807) is 6.07 Å². The van der Waals surface area contributed by atoms with Gasteiger partial charge in [0, 0.05) is 27.5 Å². The lowest BCUT2D eigenvalue weighted by molar-refractivity contribution is 0.0780. The van der Waals surface area contributed by atoms with Crippen LogP contribution in [0.1, 0.15) is 57.1 Å². The van der Waals surface area contributed by atoms with Crippen molar-refractivity contribution in [1.29, 1.82) is 5.26 Å². The van der Waals surface area contributed by atoms with E-state index in [0.29, 0.717) is 28.6 Å². The zero-order valence-electron chi connectivity index (χ0n) is 28.4. The Bertz CT molecular complexity index is 2380. The molecular weight excluding hydrogens is 613 g/mol. The molecule has 2 aliphatic carbocycles. The number of nitriles is 1. The molecule has 0 aliphatic heterocycles. The van der Waals surface area contributed by atoms with E-state index in [-0.39, 0.29) is 5.41 Å². The fraction of sp³-hybridized carbons (Fsp3) is 0.244. The van der Waals surface area contributed by atoms with Crippen LogP contribution >= 0.6 is 0 Å². The predicted molar refractivity (Wildman–Crippen MR) is 200 cm³/mol. The molecule has 4 atom stereocenters. The minimum absolute atomic E-state index is 0.286. The monoisotopic (exact) mass is 650 g/mol. The first kappa shape index (κ1) is 30.5. The average molecular weight is 651 g/mol. The van der Waals surface area contributed by atoms with Gasteiger partial charge in [0.25, 0.3) is 0 Å². The van der Waals surface area contributed by atoms with Crippen LogP contribution in [0.4, 0.5) is 0 Å². The summed E-state index contributed by atoms with van der Waals surface area (Å²) in [6.07, 6.45) is 6.64. The maximum atomic E-state index is 9.56. The Morgan fingerprint density at radius 2 is 1.18 bits per heavy atom. The fourth-order valence-electron chi connectivity index (χ4n) is 9.26. The lowest BCUT2D eigenvalue weighted by atomic mass is 9.54. The average Bonchev–Trinajstić information content (AvgIpc) is 3.53. The molecule has 2 fully saturated rings. The highest BCUT2D eigenvalue weighted by atomic mass is 16.3. The molecule has 2 saturated carbocycles. The van der Waals surface area contributed by atoms with E-state index < -0.39 is 0 Å². The van der Waals surface area contributed by atoms with Crippen molar-refractivity contribution in [2.24, 2.45) is 17.8 Å². The molecule has 0 N–H and O–H groups in total. The smallest absolute Gasteiger partial charge is 0.164 e. The number of rotatable bonds is 5. The quantitative estimate of drug-likeness (QED) is 0.185. The number of benzene rings is 5. The summed E-state index contributed by atoms with van der Waals surface area (Å²) in [5.74, 6) is 4.39. The standard InChI is InChI=1S/C45H38N4O/c1-28-21-30-22-29(2)25-45(24-28,26-30)37-18-15-34(16-19-37)44-48-42(32-7-4-3-5-8-32)47-43(49-44)33-13-11-31(12-14-33)35-17-20-40-39(23-35)38-10-6-9-36(27-46)41(38)50-40/h3-20,23,28-30H,21-22,24-26H2,1-2H3/t28-,29+,30?,45?. The molecular formula is C45H38N4O. The van der Waals surface area contributed by atoms with E-state index in [2.05, 4.69) is 92.7 Å². The molecule has 2 heterocycles. The number of hydrogen-bond donors (Lipinski definition) is 0. The zero-order chi connectivity index (χ0) is 33.8. The van der Waals surface area contributed by atoms with E-state index in [0.717, 1.165) is 61.9 Å². The first-order valence-corrected chi connectivity index (χ1v) is 17.8. The molecule has 2 unspecified atom stereocenters. The SMILES string of the molecule is C[C@@H]1CC2C[C@H](C)CC(c3ccc(-c4nc(-c5ccccc5)nc(-c5ccc(-c6ccc7oc8c(C#N)cccc8c7c6)cc5)n4)cc3)(C2)C1. The zero-order valence-corrected chi connectivity index (χ0v) is 28.4. The van der Waals surface area contributed by atoms with Crippen LogP contribution in [0.5, 0.6) is 0 Å². The Hall–Kier alpha value is -5.60. The molecule has 7 aromatic rings. The van der Waals surface area contributed by atoms with Crippen LogP contribution in [-0.2, 0) is 5.41 Å². The number of hydrogen-bond acceptors (Lipinski definition) is 5. The highest BCUT2D eigenvalue weighted by Gasteiger charge is 2.45. The van der Waals surface area contributed by atoms with Gasteiger partial charge in [-0.15, -0.1) is 0 Å². The van der Waals surface area contributed by atoms with Gasteiger partial charge in [0.05, 0.1) is 5.56 Å². The van der Waals surface area contributed by atoms with Crippen LogP contribution in [0.3, 0.4) is 0 Å². The first-order valence-electron chi connectivity index (χ1n) is 17.8. The van der Waals surface area contributed by atoms with Gasteiger partial charge in [-0.1, -0.05) is 111 Å². The summed E-state index contributed by atoms with van der Waals surface area (Å²) in [6.45, 7) is 4.89. The third-order valence-electron chi connectivity index (χ3n) is 11.1. The van der Waals surface area contributed by atoms with Gasteiger partial charge in [0.2, 0.25) is 0 Å². The van der Waals surface area contributed by atoms with Gasteiger partial charge in [-0.2, -0.15) is 5.26 Å². The van der Waals surface area contributed by atoms with Crippen LogP contribution < -0.4 is 0 Å².